The van der Waals surface area contributed by atoms with Crippen LogP contribution in [0.3, 0.4) is 0 Å². The maximum atomic E-state index is 9.89. The van der Waals surface area contributed by atoms with Gasteiger partial charge in [-0.1, -0.05) is 31.2 Å². The predicted octanol–water partition coefficient (Wildman–Crippen LogP) is 3.71. The summed E-state index contributed by atoms with van der Waals surface area (Å²) in [4.78, 5) is 0. The first-order valence-corrected chi connectivity index (χ1v) is 5.71. The van der Waals surface area contributed by atoms with Crippen LogP contribution in [0, 0.1) is 3.57 Å². The van der Waals surface area contributed by atoms with Gasteiger partial charge < -0.3 is 5.11 Å². The summed E-state index contributed by atoms with van der Waals surface area (Å²) in [6, 6.07) is 10.2. The Morgan fingerprint density at radius 3 is 2.71 bits per heavy atom. The summed E-state index contributed by atoms with van der Waals surface area (Å²) < 4.78 is 0.956. The Kier molecular flexibility index (Phi) is 2.63. The molecule has 14 heavy (non-hydrogen) atoms. The molecule has 0 bridgehead atoms. The van der Waals surface area contributed by atoms with E-state index < -0.39 is 0 Å². The van der Waals surface area contributed by atoms with Gasteiger partial charge in [-0.3, -0.25) is 0 Å². The summed E-state index contributed by atoms with van der Waals surface area (Å²) in [5.74, 6) is 0.437. The second kappa shape index (κ2) is 3.77. The van der Waals surface area contributed by atoms with Crippen LogP contribution >= 0.6 is 22.6 Å². The number of rotatable bonds is 1. The van der Waals surface area contributed by atoms with E-state index in [1.165, 1.54) is 5.39 Å². The van der Waals surface area contributed by atoms with Crippen molar-refractivity contribution in [2.75, 3.05) is 0 Å². The molecule has 0 spiro atoms. The molecule has 1 nitrogen and oxygen atoms in total. The molecule has 0 aromatic heterocycles. The number of phenolic OH excluding ortho intramolecular Hbond substituents is 1. The minimum atomic E-state index is 0.437. The average molecular weight is 298 g/mol. The molecule has 0 unspecified atom stereocenters. The van der Waals surface area contributed by atoms with Crippen LogP contribution in [0.5, 0.6) is 5.75 Å². The van der Waals surface area contributed by atoms with Gasteiger partial charge in [0.15, 0.2) is 0 Å². The van der Waals surface area contributed by atoms with Gasteiger partial charge in [-0.2, -0.15) is 0 Å². The van der Waals surface area contributed by atoms with Crippen LogP contribution in [-0.4, -0.2) is 5.11 Å². The lowest BCUT2D eigenvalue weighted by Gasteiger charge is -2.07. The number of aryl methyl sites for hydroxylation is 1. The van der Waals surface area contributed by atoms with Gasteiger partial charge in [0.05, 0.1) is 3.57 Å². The van der Waals surface area contributed by atoms with Crippen LogP contribution < -0.4 is 0 Å². The fraction of sp³-hybridized carbons (Fsp3) is 0.167. The molecule has 0 radical (unpaired) electrons. The van der Waals surface area contributed by atoms with Gasteiger partial charge in [0.2, 0.25) is 0 Å². The van der Waals surface area contributed by atoms with E-state index in [0.717, 1.165) is 20.9 Å². The maximum Gasteiger partial charge on any atom is 0.132 e. The zero-order valence-corrected chi connectivity index (χ0v) is 10.1. The third kappa shape index (κ3) is 1.47. The predicted molar refractivity (Wildman–Crippen MR) is 67.7 cm³/mol. The van der Waals surface area contributed by atoms with Crippen molar-refractivity contribution >= 4 is 33.4 Å². The Labute approximate surface area is 96.9 Å². The normalized spacial score (nSPS) is 10.7. The average Bonchev–Trinajstić information content (AvgIpc) is 2.23. The first-order valence-electron chi connectivity index (χ1n) is 4.63. The van der Waals surface area contributed by atoms with E-state index in [2.05, 4.69) is 41.6 Å². The van der Waals surface area contributed by atoms with Crippen molar-refractivity contribution in [3.05, 3.63) is 39.5 Å². The Bertz CT molecular complexity index is 477. The van der Waals surface area contributed by atoms with Crippen LogP contribution in [0.25, 0.3) is 10.8 Å². The van der Waals surface area contributed by atoms with Crippen molar-refractivity contribution in [1.29, 1.82) is 0 Å². The number of hydrogen-bond acceptors (Lipinski definition) is 1. The zero-order chi connectivity index (χ0) is 10.1. The van der Waals surface area contributed by atoms with E-state index in [4.69, 9.17) is 0 Å². The molecular weight excluding hydrogens is 287 g/mol. The summed E-state index contributed by atoms with van der Waals surface area (Å²) >= 11 is 2.20. The van der Waals surface area contributed by atoms with Crippen molar-refractivity contribution in [2.24, 2.45) is 0 Å². The largest absolute Gasteiger partial charge is 0.507 e. The molecular formula is C12H11IO. The van der Waals surface area contributed by atoms with Crippen LogP contribution in [0.15, 0.2) is 30.3 Å². The highest BCUT2D eigenvalue weighted by molar-refractivity contribution is 14.1. The lowest BCUT2D eigenvalue weighted by atomic mass is 10.0. The van der Waals surface area contributed by atoms with Gasteiger partial charge in [0.1, 0.15) is 5.75 Å². The van der Waals surface area contributed by atoms with Crippen molar-refractivity contribution in [3.63, 3.8) is 0 Å². The lowest BCUT2D eigenvalue weighted by Crippen LogP contribution is -1.87. The molecule has 1 N–H and O–H groups in total. The lowest BCUT2D eigenvalue weighted by molar-refractivity contribution is 0.466. The molecule has 0 saturated carbocycles. The van der Waals surface area contributed by atoms with Crippen molar-refractivity contribution < 1.29 is 5.11 Å². The molecule has 0 amide bonds. The number of hydrogen-bond donors (Lipinski definition) is 1. The molecule has 0 aliphatic heterocycles. The molecule has 2 aromatic carbocycles. The van der Waals surface area contributed by atoms with E-state index in [1.807, 2.05) is 18.2 Å². The van der Waals surface area contributed by atoms with Crippen LogP contribution in [0.4, 0.5) is 0 Å². The van der Waals surface area contributed by atoms with Gasteiger partial charge in [-0.15, -0.1) is 0 Å². The monoisotopic (exact) mass is 298 g/mol. The van der Waals surface area contributed by atoms with E-state index >= 15 is 0 Å². The Balaban J connectivity index is 2.85. The topological polar surface area (TPSA) is 20.2 Å². The Morgan fingerprint density at radius 2 is 2.00 bits per heavy atom. The van der Waals surface area contributed by atoms with Crippen LogP contribution in [-0.2, 0) is 6.42 Å². The first kappa shape index (κ1) is 9.77. The summed E-state index contributed by atoms with van der Waals surface area (Å²) in [5.41, 5.74) is 1.02. The second-order valence-corrected chi connectivity index (χ2v) is 4.35. The van der Waals surface area contributed by atoms with Crippen molar-refractivity contribution in [2.45, 2.75) is 13.3 Å². The Hall–Kier alpha value is -0.770. The van der Waals surface area contributed by atoms with E-state index in [0.29, 0.717) is 5.75 Å². The van der Waals surface area contributed by atoms with Crippen molar-refractivity contribution in [1.82, 2.24) is 0 Å². The highest BCUT2D eigenvalue weighted by Crippen LogP contribution is 2.32. The number of fused-ring (bicyclic) bond motifs is 1. The summed E-state index contributed by atoms with van der Waals surface area (Å²) in [5, 5.41) is 12.2. The number of halogens is 1. The Morgan fingerprint density at radius 1 is 1.29 bits per heavy atom. The minimum absolute atomic E-state index is 0.437. The molecule has 0 atom stereocenters. The highest BCUT2D eigenvalue weighted by Gasteiger charge is 2.08. The summed E-state index contributed by atoms with van der Waals surface area (Å²) in [6.45, 7) is 2.06. The smallest absolute Gasteiger partial charge is 0.132 e. The third-order valence-electron chi connectivity index (χ3n) is 2.42. The molecule has 72 valence electrons. The standard InChI is InChI=1S/C12H11IO/c1-2-8-7-9-5-3-4-6-10(9)11(13)12(8)14/h3-7,14H,2H2,1H3. The molecule has 0 aliphatic carbocycles. The molecule has 2 heteroatoms. The van der Waals surface area contributed by atoms with Gasteiger partial charge in [-0.25, -0.2) is 0 Å². The first-order chi connectivity index (χ1) is 6.74. The molecule has 0 aliphatic rings. The van der Waals surface area contributed by atoms with Crippen LogP contribution in [0.2, 0.25) is 0 Å². The SMILES string of the molecule is CCc1cc2ccccc2c(I)c1O. The highest BCUT2D eigenvalue weighted by atomic mass is 127. The molecule has 0 heterocycles. The summed E-state index contributed by atoms with van der Waals surface area (Å²) in [7, 11) is 0. The third-order valence-corrected chi connectivity index (χ3v) is 3.51. The molecule has 0 saturated heterocycles. The summed E-state index contributed by atoms with van der Waals surface area (Å²) in [6.07, 6.45) is 0.868. The van der Waals surface area contributed by atoms with Gasteiger partial charge in [-0.05, 0) is 51.4 Å². The fourth-order valence-corrected chi connectivity index (χ4v) is 2.45. The van der Waals surface area contributed by atoms with Gasteiger partial charge >= 0.3 is 0 Å². The van der Waals surface area contributed by atoms with Crippen LogP contribution in [0.1, 0.15) is 12.5 Å². The van der Waals surface area contributed by atoms with E-state index in [-0.39, 0.29) is 0 Å². The minimum Gasteiger partial charge on any atom is -0.507 e. The van der Waals surface area contributed by atoms with E-state index in [1.54, 1.807) is 0 Å². The number of benzene rings is 2. The van der Waals surface area contributed by atoms with Gasteiger partial charge in [0.25, 0.3) is 0 Å². The molecule has 2 rings (SSSR count). The number of phenols is 1. The number of aromatic hydroxyl groups is 1. The quantitative estimate of drug-likeness (QED) is 0.796. The molecule has 0 fully saturated rings. The zero-order valence-electron chi connectivity index (χ0n) is 7.92. The fourth-order valence-electron chi connectivity index (χ4n) is 1.62. The van der Waals surface area contributed by atoms with Gasteiger partial charge in [0, 0.05) is 0 Å². The molecule has 2 aromatic rings. The maximum absolute atomic E-state index is 9.89. The van der Waals surface area contributed by atoms with Crippen molar-refractivity contribution in [3.8, 4) is 5.75 Å². The second-order valence-electron chi connectivity index (χ2n) is 3.27. The van der Waals surface area contributed by atoms with E-state index in [9.17, 15) is 5.11 Å².